The quantitative estimate of drug-likeness (QED) is 0.551. The van der Waals surface area contributed by atoms with E-state index < -0.39 is 0 Å². The van der Waals surface area contributed by atoms with E-state index in [9.17, 15) is 0 Å². The van der Waals surface area contributed by atoms with E-state index in [4.69, 9.17) is 0 Å². The van der Waals surface area contributed by atoms with Gasteiger partial charge in [-0.3, -0.25) is 0 Å². The summed E-state index contributed by atoms with van der Waals surface area (Å²) in [7, 11) is 0. The van der Waals surface area contributed by atoms with E-state index in [-0.39, 0.29) is 0 Å². The molecule has 0 saturated heterocycles. The van der Waals surface area contributed by atoms with Crippen LogP contribution in [0.3, 0.4) is 0 Å². The highest BCUT2D eigenvalue weighted by Crippen LogP contribution is 2.42. The minimum absolute atomic E-state index is 0.594. The molecule has 2 nitrogen and oxygen atoms in total. The lowest BCUT2D eigenvalue weighted by Crippen LogP contribution is -2.30. The molecule has 0 spiro atoms. The normalized spacial score (nSPS) is 16.6. The van der Waals surface area contributed by atoms with Crippen LogP contribution in [0.5, 0.6) is 0 Å². The molecule has 1 heterocycles. The van der Waals surface area contributed by atoms with Crippen molar-refractivity contribution in [2.75, 3.05) is 0 Å². The van der Waals surface area contributed by atoms with E-state index >= 15 is 0 Å². The van der Waals surface area contributed by atoms with Gasteiger partial charge in [0.2, 0.25) is 0 Å². The Morgan fingerprint density at radius 2 is 1.07 bits per heavy atom. The summed E-state index contributed by atoms with van der Waals surface area (Å²) in [6.45, 7) is 0.867. The van der Waals surface area contributed by atoms with Crippen molar-refractivity contribution in [3.8, 4) is 0 Å². The second-order valence-corrected chi connectivity index (χ2v) is 7.52. The summed E-state index contributed by atoms with van der Waals surface area (Å²) < 4.78 is 0. The predicted octanol–water partition coefficient (Wildman–Crippen LogP) is 5.96. The molecule has 2 heteroatoms. The molecule has 0 atom stereocenters. The number of hydrogen-bond acceptors (Lipinski definition) is 2. The van der Waals surface area contributed by atoms with Crippen molar-refractivity contribution in [3.05, 3.63) is 120 Å². The highest BCUT2D eigenvalue weighted by atomic mass is 15.3. The predicted molar refractivity (Wildman–Crippen MR) is 116 cm³/mol. The van der Waals surface area contributed by atoms with Gasteiger partial charge in [0.05, 0.1) is 11.4 Å². The Kier molecular flexibility index (Phi) is 4.46. The summed E-state index contributed by atoms with van der Waals surface area (Å²) in [4.78, 5) is 4.88. The van der Waals surface area contributed by atoms with Crippen molar-refractivity contribution in [2.24, 2.45) is 0 Å². The van der Waals surface area contributed by atoms with Gasteiger partial charge in [-0.15, -0.1) is 0 Å². The smallest absolute Gasteiger partial charge is 0.0652 e. The minimum Gasteiger partial charge on any atom is -0.346 e. The van der Waals surface area contributed by atoms with E-state index in [0.717, 1.165) is 6.54 Å². The molecule has 1 aliphatic carbocycles. The summed E-state index contributed by atoms with van der Waals surface area (Å²) in [5.41, 5.74) is 6.44. The van der Waals surface area contributed by atoms with Crippen molar-refractivity contribution in [1.29, 1.82) is 0 Å². The molecule has 28 heavy (non-hydrogen) atoms. The zero-order chi connectivity index (χ0) is 18.8. The van der Waals surface area contributed by atoms with Crippen LogP contribution in [0, 0.1) is 0 Å². The van der Waals surface area contributed by atoms with Crippen LogP contribution in [0.4, 0.5) is 0 Å². The Morgan fingerprint density at radius 3 is 1.54 bits per heavy atom. The third-order valence-electron chi connectivity index (χ3n) is 5.35. The molecule has 0 radical (unpaired) electrons. The fraction of sp³-hybridized carbons (Fsp3) is 0.154. The highest BCUT2D eigenvalue weighted by molar-refractivity contribution is 5.79. The van der Waals surface area contributed by atoms with E-state index in [1.165, 1.54) is 40.9 Å². The topological polar surface area (TPSA) is 6.48 Å². The summed E-state index contributed by atoms with van der Waals surface area (Å²) in [6.07, 6.45) is 7.14. The molecular formula is C26H24N2. The first-order chi connectivity index (χ1) is 13.9. The molecule has 138 valence electrons. The second kappa shape index (κ2) is 7.40. The first-order valence-corrected chi connectivity index (χ1v) is 10.0. The highest BCUT2D eigenvalue weighted by Gasteiger charge is 2.36. The first-order valence-electron chi connectivity index (χ1n) is 10.0. The zero-order valence-electron chi connectivity index (χ0n) is 15.9. The summed E-state index contributed by atoms with van der Waals surface area (Å²) in [5.74, 6) is 0. The number of rotatable bonds is 5. The monoisotopic (exact) mass is 364 g/mol. The van der Waals surface area contributed by atoms with Crippen LogP contribution < -0.4 is 0 Å². The van der Waals surface area contributed by atoms with Crippen molar-refractivity contribution in [3.63, 3.8) is 0 Å². The Morgan fingerprint density at radius 1 is 0.607 bits per heavy atom. The lowest BCUT2D eigenvalue weighted by atomic mass is 10.0. The van der Waals surface area contributed by atoms with Gasteiger partial charge in [-0.1, -0.05) is 91.0 Å². The lowest BCUT2D eigenvalue weighted by molar-refractivity contribution is 0.444. The second-order valence-electron chi connectivity index (χ2n) is 7.52. The van der Waals surface area contributed by atoms with Gasteiger partial charge in [0, 0.05) is 25.0 Å². The van der Waals surface area contributed by atoms with E-state index in [1.54, 1.807) is 0 Å². The van der Waals surface area contributed by atoms with Gasteiger partial charge in [-0.25, -0.2) is 0 Å². The van der Waals surface area contributed by atoms with E-state index in [0.29, 0.717) is 6.04 Å². The SMILES string of the molecule is C1=C(c2ccccc2)N(C2CC2)C(c2ccccc2)=CN1Cc1ccccc1. The molecule has 0 unspecified atom stereocenters. The zero-order valence-corrected chi connectivity index (χ0v) is 15.9. The number of hydrogen-bond donors (Lipinski definition) is 0. The molecule has 1 fully saturated rings. The molecule has 2 aliphatic rings. The van der Waals surface area contributed by atoms with E-state index in [1.807, 2.05) is 0 Å². The summed E-state index contributed by atoms with van der Waals surface area (Å²) >= 11 is 0. The largest absolute Gasteiger partial charge is 0.346 e. The fourth-order valence-electron chi connectivity index (χ4n) is 3.86. The molecular weight excluding hydrogens is 340 g/mol. The molecule has 1 aliphatic heterocycles. The van der Waals surface area contributed by atoms with Crippen LogP contribution in [-0.2, 0) is 6.54 Å². The molecule has 0 amide bonds. The number of benzene rings is 3. The minimum atomic E-state index is 0.594. The summed E-state index contributed by atoms with van der Waals surface area (Å²) in [5, 5.41) is 0. The van der Waals surface area contributed by atoms with Crippen LogP contribution >= 0.6 is 0 Å². The third-order valence-corrected chi connectivity index (χ3v) is 5.35. The number of nitrogens with zero attached hydrogens (tertiary/aromatic N) is 2. The molecule has 3 aromatic rings. The molecule has 0 aromatic heterocycles. The van der Waals surface area contributed by atoms with Gasteiger partial charge >= 0.3 is 0 Å². The van der Waals surface area contributed by atoms with Gasteiger partial charge in [0.15, 0.2) is 0 Å². The third kappa shape index (κ3) is 3.46. The Labute approximate surface area is 167 Å². The molecule has 5 rings (SSSR count). The maximum Gasteiger partial charge on any atom is 0.0652 e. The van der Waals surface area contributed by atoms with Crippen molar-refractivity contribution >= 4 is 11.4 Å². The van der Waals surface area contributed by atoms with Gasteiger partial charge in [0.25, 0.3) is 0 Å². The lowest BCUT2D eigenvalue weighted by Gasteiger charge is -2.37. The van der Waals surface area contributed by atoms with Crippen LogP contribution in [-0.4, -0.2) is 15.8 Å². The first kappa shape index (κ1) is 16.9. The van der Waals surface area contributed by atoms with Gasteiger partial charge in [0.1, 0.15) is 0 Å². The molecule has 3 aromatic carbocycles. The maximum atomic E-state index is 2.55. The maximum absolute atomic E-state index is 2.55. The standard InChI is InChI=1S/C26H24N2/c1-4-10-21(11-5-1)18-27-19-25(22-12-6-2-7-13-22)28(24-16-17-24)26(20-27)23-14-8-3-9-15-23/h1-15,19-20,24H,16-18H2. The Bertz CT molecular complexity index is 929. The average Bonchev–Trinajstić information content (AvgIpc) is 3.60. The molecule has 0 bridgehead atoms. The van der Waals surface area contributed by atoms with Gasteiger partial charge in [-0.05, 0) is 29.5 Å². The van der Waals surface area contributed by atoms with Crippen LogP contribution in [0.25, 0.3) is 11.4 Å². The molecule has 0 N–H and O–H groups in total. The summed E-state index contributed by atoms with van der Waals surface area (Å²) in [6, 6.07) is 32.8. The average molecular weight is 364 g/mol. The van der Waals surface area contributed by atoms with Gasteiger partial charge in [-0.2, -0.15) is 0 Å². The van der Waals surface area contributed by atoms with Crippen LogP contribution in [0.15, 0.2) is 103 Å². The van der Waals surface area contributed by atoms with E-state index in [2.05, 4.69) is 113 Å². The van der Waals surface area contributed by atoms with Gasteiger partial charge < -0.3 is 9.80 Å². The van der Waals surface area contributed by atoms with Crippen LogP contribution in [0.1, 0.15) is 29.5 Å². The van der Waals surface area contributed by atoms with Crippen LogP contribution in [0.2, 0.25) is 0 Å². The Hall–Kier alpha value is -3.26. The van der Waals surface area contributed by atoms with Crippen molar-refractivity contribution in [1.82, 2.24) is 9.80 Å². The fourth-order valence-corrected chi connectivity index (χ4v) is 3.86. The van der Waals surface area contributed by atoms with Crippen molar-refractivity contribution in [2.45, 2.75) is 25.4 Å². The Balaban J connectivity index is 1.59. The van der Waals surface area contributed by atoms with Crippen molar-refractivity contribution < 1.29 is 0 Å². The molecule has 1 saturated carbocycles.